The second-order valence-electron chi connectivity index (χ2n) is 6.22. The van der Waals surface area contributed by atoms with Crippen LogP contribution >= 0.6 is 11.3 Å². The van der Waals surface area contributed by atoms with Crippen LogP contribution in [0.2, 0.25) is 0 Å². The number of nitrogens with one attached hydrogen (secondary N) is 1. The van der Waals surface area contributed by atoms with Crippen molar-refractivity contribution < 1.29 is 18.7 Å². The molecule has 2 aromatic heterocycles. The zero-order valence-electron chi connectivity index (χ0n) is 14.9. The van der Waals surface area contributed by atoms with E-state index in [2.05, 4.69) is 10.4 Å². The van der Waals surface area contributed by atoms with Crippen LogP contribution in [0.5, 0.6) is 11.5 Å². The van der Waals surface area contributed by atoms with Crippen molar-refractivity contribution in [1.29, 1.82) is 0 Å². The number of halogens is 1. The molecule has 0 bridgehead atoms. The maximum atomic E-state index is 14.8. The van der Waals surface area contributed by atoms with Crippen molar-refractivity contribution in [3.05, 3.63) is 57.7 Å². The average molecular weight is 387 g/mol. The molecule has 8 heteroatoms. The molecule has 140 valence electrons. The molecule has 1 aliphatic rings. The van der Waals surface area contributed by atoms with Crippen LogP contribution in [0.15, 0.2) is 35.8 Å². The molecule has 1 amide bonds. The number of aromatic nitrogens is 2. The maximum Gasteiger partial charge on any atom is 0.226 e. The van der Waals surface area contributed by atoms with Gasteiger partial charge in [-0.25, -0.2) is 9.07 Å². The molecule has 1 aromatic carbocycles. The number of carbonyl (C=O) groups excluding carboxylic acids is 1. The summed E-state index contributed by atoms with van der Waals surface area (Å²) in [7, 11) is 2.95. The lowest BCUT2D eigenvalue weighted by Crippen LogP contribution is -2.25. The number of thiophene rings is 1. The minimum absolute atomic E-state index is 0.143. The van der Waals surface area contributed by atoms with Gasteiger partial charge < -0.3 is 14.8 Å². The zero-order valence-corrected chi connectivity index (χ0v) is 15.7. The van der Waals surface area contributed by atoms with Crippen molar-refractivity contribution >= 4 is 23.1 Å². The first-order valence-electron chi connectivity index (χ1n) is 8.40. The fourth-order valence-electron chi connectivity index (χ4n) is 3.35. The summed E-state index contributed by atoms with van der Waals surface area (Å²) in [5, 5.41) is 9.29. The first-order chi connectivity index (χ1) is 13.1. The Hall–Kier alpha value is -2.87. The fourth-order valence-corrected chi connectivity index (χ4v) is 4.04. The fraction of sp³-hybridized carbons (Fsp3) is 0.263. The Labute approximate surface area is 159 Å². The van der Waals surface area contributed by atoms with E-state index < -0.39 is 11.7 Å². The number of nitrogens with zero attached hydrogens (tertiary/aromatic N) is 2. The van der Waals surface area contributed by atoms with Gasteiger partial charge in [0.15, 0.2) is 11.5 Å². The van der Waals surface area contributed by atoms with Crippen LogP contribution in [0.3, 0.4) is 0 Å². The second kappa shape index (κ2) is 7.03. The second-order valence-corrected chi connectivity index (χ2v) is 7.25. The summed E-state index contributed by atoms with van der Waals surface area (Å²) in [5.74, 6) is 0.295. The summed E-state index contributed by atoms with van der Waals surface area (Å²) >= 11 is 1.62. The Morgan fingerprint density at radius 3 is 2.78 bits per heavy atom. The number of benzene rings is 1. The van der Waals surface area contributed by atoms with Crippen LogP contribution < -0.4 is 14.8 Å². The first-order valence-corrected chi connectivity index (χ1v) is 9.28. The molecule has 0 saturated carbocycles. The van der Waals surface area contributed by atoms with E-state index in [9.17, 15) is 9.18 Å². The molecule has 0 saturated heterocycles. The van der Waals surface area contributed by atoms with Crippen LogP contribution in [0.1, 0.15) is 28.3 Å². The number of carbonyl (C=O) groups is 1. The van der Waals surface area contributed by atoms with Crippen LogP contribution in [-0.4, -0.2) is 29.9 Å². The molecule has 1 aliphatic heterocycles. The van der Waals surface area contributed by atoms with Gasteiger partial charge in [-0.3, -0.25) is 4.79 Å². The third-order valence-corrected chi connectivity index (χ3v) is 5.52. The number of methoxy groups -OCH3 is 2. The minimum Gasteiger partial charge on any atom is -0.493 e. The highest BCUT2D eigenvalue weighted by Crippen LogP contribution is 2.41. The molecular formula is C19H18FN3O3S. The summed E-state index contributed by atoms with van der Waals surface area (Å²) in [5.41, 5.74) is 1.18. The van der Waals surface area contributed by atoms with E-state index >= 15 is 0 Å². The summed E-state index contributed by atoms with van der Waals surface area (Å²) in [6.07, 6.45) is 1.84. The van der Waals surface area contributed by atoms with E-state index in [1.54, 1.807) is 28.3 Å². The number of hydrogen-bond acceptors (Lipinski definition) is 5. The van der Waals surface area contributed by atoms with Crippen LogP contribution in [-0.2, 0) is 11.3 Å². The molecule has 0 unspecified atom stereocenters. The van der Waals surface area contributed by atoms with Crippen molar-refractivity contribution in [2.45, 2.75) is 18.9 Å². The summed E-state index contributed by atoms with van der Waals surface area (Å²) in [6.45, 7) is 0.550. The molecule has 6 nitrogen and oxygen atoms in total. The van der Waals surface area contributed by atoms with Gasteiger partial charge >= 0.3 is 0 Å². The lowest BCUT2D eigenvalue weighted by atomic mass is 9.87. The van der Waals surface area contributed by atoms with Crippen molar-refractivity contribution in [1.82, 2.24) is 9.78 Å². The Kier molecular flexibility index (Phi) is 4.57. The predicted octanol–water partition coefficient (Wildman–Crippen LogP) is 3.62. The predicted molar refractivity (Wildman–Crippen MR) is 100 cm³/mol. The first kappa shape index (κ1) is 17.5. The zero-order chi connectivity index (χ0) is 19.0. The molecule has 3 aromatic rings. The van der Waals surface area contributed by atoms with Crippen LogP contribution in [0.25, 0.3) is 0 Å². The van der Waals surface area contributed by atoms with E-state index in [1.165, 1.54) is 20.3 Å². The Morgan fingerprint density at radius 1 is 1.30 bits per heavy atom. The van der Waals surface area contributed by atoms with Gasteiger partial charge in [-0.05, 0) is 23.1 Å². The number of fused-ring (bicyclic) bond motifs is 1. The number of rotatable bonds is 5. The van der Waals surface area contributed by atoms with Gasteiger partial charge in [0.05, 0.1) is 27.0 Å². The lowest BCUT2D eigenvalue weighted by Gasteiger charge is -2.24. The van der Waals surface area contributed by atoms with E-state index in [0.717, 1.165) is 10.4 Å². The quantitative estimate of drug-likeness (QED) is 0.726. The standard InChI is InChI=1S/C19H18FN3O3S/c1-25-16-6-13(15(20)8-17(16)26-2)12-7-18(24)22-19-14(12)9-21-23(19)10-11-4-3-5-27-11/h3-6,8-9,12H,7,10H2,1-2H3,(H,22,24)/t12-/m0/s1. The van der Waals surface area contributed by atoms with Gasteiger partial charge in [0.1, 0.15) is 11.6 Å². The lowest BCUT2D eigenvalue weighted by molar-refractivity contribution is -0.116. The Morgan fingerprint density at radius 2 is 2.07 bits per heavy atom. The van der Waals surface area contributed by atoms with E-state index in [1.807, 2.05) is 17.5 Å². The number of hydrogen-bond donors (Lipinski definition) is 1. The highest BCUT2D eigenvalue weighted by atomic mass is 32.1. The number of ether oxygens (including phenoxy) is 2. The van der Waals surface area contributed by atoms with Crippen LogP contribution in [0, 0.1) is 5.82 Å². The molecule has 0 fully saturated rings. The van der Waals surface area contributed by atoms with Crippen molar-refractivity contribution in [2.75, 3.05) is 19.5 Å². The maximum absolute atomic E-state index is 14.8. The average Bonchev–Trinajstić information content (AvgIpc) is 3.31. The van der Waals surface area contributed by atoms with E-state index in [-0.39, 0.29) is 12.3 Å². The van der Waals surface area contributed by atoms with Gasteiger partial charge in [-0.2, -0.15) is 5.10 Å². The van der Waals surface area contributed by atoms with Gasteiger partial charge in [-0.15, -0.1) is 11.3 Å². The summed E-state index contributed by atoms with van der Waals surface area (Å²) in [4.78, 5) is 13.4. The van der Waals surface area contributed by atoms with Gasteiger partial charge in [-0.1, -0.05) is 6.07 Å². The van der Waals surface area contributed by atoms with Gasteiger partial charge in [0, 0.05) is 28.8 Å². The van der Waals surface area contributed by atoms with Crippen molar-refractivity contribution in [3.8, 4) is 11.5 Å². The monoisotopic (exact) mass is 387 g/mol. The molecule has 0 aliphatic carbocycles. The molecule has 4 rings (SSSR count). The van der Waals surface area contributed by atoms with E-state index in [4.69, 9.17) is 9.47 Å². The van der Waals surface area contributed by atoms with Gasteiger partial charge in [0.2, 0.25) is 5.91 Å². The number of amides is 1. The topological polar surface area (TPSA) is 65.4 Å². The van der Waals surface area contributed by atoms with Crippen molar-refractivity contribution in [3.63, 3.8) is 0 Å². The smallest absolute Gasteiger partial charge is 0.226 e. The molecule has 3 heterocycles. The highest BCUT2D eigenvalue weighted by molar-refractivity contribution is 7.09. The third-order valence-electron chi connectivity index (χ3n) is 4.65. The molecule has 1 atom stereocenters. The SMILES string of the molecule is COc1cc(F)c([C@@H]2CC(=O)Nc3c2cnn3Cc2cccs2)cc1OC. The molecule has 1 N–H and O–H groups in total. The van der Waals surface area contributed by atoms with E-state index in [0.29, 0.717) is 29.4 Å². The van der Waals surface area contributed by atoms with Crippen LogP contribution in [0.4, 0.5) is 10.2 Å². The summed E-state index contributed by atoms with van der Waals surface area (Å²) < 4.78 is 27.0. The Bertz CT molecular complexity index is 985. The molecule has 0 spiro atoms. The highest BCUT2D eigenvalue weighted by Gasteiger charge is 2.32. The van der Waals surface area contributed by atoms with Crippen molar-refractivity contribution in [2.24, 2.45) is 0 Å². The molecular weight excluding hydrogens is 369 g/mol. The largest absolute Gasteiger partial charge is 0.493 e. The van der Waals surface area contributed by atoms with Gasteiger partial charge in [0.25, 0.3) is 0 Å². The molecule has 27 heavy (non-hydrogen) atoms. The number of anilines is 1. The minimum atomic E-state index is -0.440. The Balaban J connectivity index is 1.76. The molecule has 0 radical (unpaired) electrons. The normalized spacial score (nSPS) is 16.0. The summed E-state index contributed by atoms with van der Waals surface area (Å²) in [6, 6.07) is 6.86. The third kappa shape index (κ3) is 3.16.